The summed E-state index contributed by atoms with van der Waals surface area (Å²) in [6.07, 6.45) is 1.94. The van der Waals surface area contributed by atoms with Crippen LogP contribution in [-0.2, 0) is 6.42 Å². The van der Waals surface area contributed by atoms with Gasteiger partial charge in [-0.1, -0.05) is 11.6 Å². The number of ketones is 1. The Morgan fingerprint density at radius 2 is 2.25 bits per heavy atom. The first-order chi connectivity index (χ1) is 7.65. The maximum absolute atomic E-state index is 11.8. The van der Waals surface area contributed by atoms with Gasteiger partial charge in [-0.15, -0.1) is 11.3 Å². The highest BCUT2D eigenvalue weighted by Crippen LogP contribution is 2.22. The van der Waals surface area contributed by atoms with Crippen molar-refractivity contribution in [2.75, 3.05) is 0 Å². The van der Waals surface area contributed by atoms with Crippen molar-refractivity contribution in [1.82, 2.24) is 9.97 Å². The van der Waals surface area contributed by atoms with E-state index in [4.69, 9.17) is 11.6 Å². The molecule has 0 unspecified atom stereocenters. The Morgan fingerprint density at radius 1 is 1.44 bits per heavy atom. The first-order valence-corrected chi connectivity index (χ1v) is 5.91. The number of hydrogen-bond acceptors (Lipinski definition) is 4. The minimum Gasteiger partial charge on any atom is -0.292 e. The molecule has 2 rings (SSSR count). The van der Waals surface area contributed by atoms with Crippen LogP contribution < -0.4 is 0 Å². The zero-order chi connectivity index (χ0) is 11.5. The highest BCUT2D eigenvalue weighted by molar-refractivity contribution is 7.16. The van der Waals surface area contributed by atoms with Gasteiger partial charge in [0.05, 0.1) is 4.34 Å². The van der Waals surface area contributed by atoms with Gasteiger partial charge in [-0.3, -0.25) is 4.79 Å². The molecule has 16 heavy (non-hydrogen) atoms. The Kier molecular flexibility index (Phi) is 3.31. The Hall–Kier alpha value is -1.26. The second kappa shape index (κ2) is 4.72. The molecule has 0 saturated heterocycles. The van der Waals surface area contributed by atoms with E-state index < -0.39 is 0 Å². The van der Waals surface area contributed by atoms with Gasteiger partial charge in [0.25, 0.3) is 0 Å². The van der Waals surface area contributed by atoms with Gasteiger partial charge in [0, 0.05) is 17.5 Å². The van der Waals surface area contributed by atoms with Crippen molar-refractivity contribution in [3.05, 3.63) is 45.1 Å². The number of hydrogen-bond donors (Lipinski definition) is 0. The number of halogens is 1. The molecule has 0 atom stereocenters. The quantitative estimate of drug-likeness (QED) is 0.789. The van der Waals surface area contributed by atoms with Crippen LogP contribution in [0.25, 0.3) is 0 Å². The molecule has 0 saturated carbocycles. The van der Waals surface area contributed by atoms with E-state index in [9.17, 15) is 4.79 Å². The van der Waals surface area contributed by atoms with E-state index in [1.54, 1.807) is 25.3 Å². The van der Waals surface area contributed by atoms with Crippen LogP contribution in [0.15, 0.2) is 24.4 Å². The Labute approximate surface area is 102 Å². The lowest BCUT2D eigenvalue weighted by molar-refractivity contribution is 0.0988. The number of aryl methyl sites for hydroxylation is 1. The standard InChI is InChI=1S/C11H9ClN2OS/c1-7-13-5-4-9(14-7)10(15)6-8-2-3-11(12)16-8/h2-5H,6H2,1H3. The maximum atomic E-state index is 11.8. The summed E-state index contributed by atoms with van der Waals surface area (Å²) in [7, 11) is 0. The summed E-state index contributed by atoms with van der Waals surface area (Å²) in [4.78, 5) is 20.8. The summed E-state index contributed by atoms with van der Waals surface area (Å²) in [5, 5.41) is 0. The second-order valence-electron chi connectivity index (χ2n) is 3.29. The molecule has 0 radical (unpaired) electrons. The van der Waals surface area contributed by atoms with Crippen molar-refractivity contribution in [2.24, 2.45) is 0 Å². The number of thiophene rings is 1. The molecule has 82 valence electrons. The molecular formula is C11H9ClN2OS. The van der Waals surface area contributed by atoms with E-state index in [0.29, 0.717) is 22.3 Å². The van der Waals surface area contributed by atoms with Crippen molar-refractivity contribution in [2.45, 2.75) is 13.3 Å². The van der Waals surface area contributed by atoms with Gasteiger partial charge in [-0.25, -0.2) is 9.97 Å². The Balaban J connectivity index is 2.14. The number of nitrogens with zero attached hydrogens (tertiary/aromatic N) is 2. The van der Waals surface area contributed by atoms with Crippen molar-refractivity contribution in [3.8, 4) is 0 Å². The maximum Gasteiger partial charge on any atom is 0.186 e. The summed E-state index contributed by atoms with van der Waals surface area (Å²) >= 11 is 7.21. The van der Waals surface area contributed by atoms with Gasteiger partial charge >= 0.3 is 0 Å². The number of aromatic nitrogens is 2. The second-order valence-corrected chi connectivity index (χ2v) is 5.09. The smallest absolute Gasteiger partial charge is 0.186 e. The third-order valence-electron chi connectivity index (χ3n) is 2.03. The van der Waals surface area contributed by atoms with Crippen LogP contribution in [0.5, 0.6) is 0 Å². The predicted octanol–water partition coefficient (Wildman–Crippen LogP) is 2.93. The van der Waals surface area contributed by atoms with Crippen LogP contribution in [0.3, 0.4) is 0 Å². The molecule has 2 heterocycles. The van der Waals surface area contributed by atoms with E-state index in [0.717, 1.165) is 4.88 Å². The highest BCUT2D eigenvalue weighted by Gasteiger charge is 2.10. The third kappa shape index (κ3) is 2.65. The zero-order valence-electron chi connectivity index (χ0n) is 8.61. The summed E-state index contributed by atoms with van der Waals surface area (Å²) in [5.74, 6) is 0.596. The number of carbonyl (C=O) groups is 1. The first-order valence-electron chi connectivity index (χ1n) is 4.72. The molecule has 2 aromatic heterocycles. The van der Waals surface area contributed by atoms with Gasteiger partial charge < -0.3 is 0 Å². The normalized spacial score (nSPS) is 10.4. The molecule has 0 bridgehead atoms. The average molecular weight is 253 g/mol. The summed E-state index contributed by atoms with van der Waals surface area (Å²) in [5.41, 5.74) is 0.456. The van der Waals surface area contributed by atoms with E-state index in [-0.39, 0.29) is 5.78 Å². The first kappa shape index (κ1) is 11.2. The number of rotatable bonds is 3. The molecule has 0 aliphatic rings. The fourth-order valence-corrected chi connectivity index (χ4v) is 2.39. The van der Waals surface area contributed by atoms with E-state index in [2.05, 4.69) is 9.97 Å². The van der Waals surface area contributed by atoms with Crippen LogP contribution in [0, 0.1) is 6.92 Å². The molecule has 3 nitrogen and oxygen atoms in total. The van der Waals surface area contributed by atoms with Crippen LogP contribution in [-0.4, -0.2) is 15.8 Å². The molecular weight excluding hydrogens is 244 g/mol. The summed E-state index contributed by atoms with van der Waals surface area (Å²) in [6.45, 7) is 1.76. The van der Waals surface area contributed by atoms with E-state index >= 15 is 0 Å². The molecule has 0 fully saturated rings. The molecule has 0 amide bonds. The molecule has 0 aliphatic carbocycles. The van der Waals surface area contributed by atoms with Gasteiger partial charge in [-0.05, 0) is 25.1 Å². The topological polar surface area (TPSA) is 42.9 Å². The van der Waals surface area contributed by atoms with Crippen molar-refractivity contribution in [1.29, 1.82) is 0 Å². The predicted molar refractivity (Wildman–Crippen MR) is 64.1 cm³/mol. The fourth-order valence-electron chi connectivity index (χ4n) is 1.31. The highest BCUT2D eigenvalue weighted by atomic mass is 35.5. The van der Waals surface area contributed by atoms with E-state index in [1.165, 1.54) is 11.3 Å². The molecule has 0 aromatic carbocycles. The SMILES string of the molecule is Cc1nccc(C(=O)Cc2ccc(Cl)s2)n1. The minimum atomic E-state index is -0.0102. The fraction of sp³-hybridized carbons (Fsp3) is 0.182. The number of Topliss-reactive ketones (excluding diaryl/α,β-unsaturated/α-hetero) is 1. The van der Waals surface area contributed by atoms with Gasteiger partial charge in [0.15, 0.2) is 5.78 Å². The lowest BCUT2D eigenvalue weighted by Gasteiger charge is -1.98. The third-order valence-corrected chi connectivity index (χ3v) is 3.26. The van der Waals surface area contributed by atoms with Gasteiger partial charge in [-0.2, -0.15) is 0 Å². The van der Waals surface area contributed by atoms with Crippen LogP contribution in [0.1, 0.15) is 21.2 Å². The van der Waals surface area contributed by atoms with Crippen LogP contribution in [0.4, 0.5) is 0 Å². The van der Waals surface area contributed by atoms with Crippen molar-refractivity contribution < 1.29 is 4.79 Å². The van der Waals surface area contributed by atoms with Gasteiger partial charge in [0.1, 0.15) is 11.5 Å². The van der Waals surface area contributed by atoms with Gasteiger partial charge in [0.2, 0.25) is 0 Å². The summed E-state index contributed by atoms with van der Waals surface area (Å²) < 4.78 is 0.696. The lowest BCUT2D eigenvalue weighted by Crippen LogP contribution is -2.06. The molecule has 2 aromatic rings. The summed E-state index contributed by atoms with van der Waals surface area (Å²) in [6, 6.07) is 5.28. The lowest BCUT2D eigenvalue weighted by atomic mass is 10.2. The Morgan fingerprint density at radius 3 is 2.88 bits per heavy atom. The average Bonchev–Trinajstić information content (AvgIpc) is 2.64. The van der Waals surface area contributed by atoms with Crippen molar-refractivity contribution in [3.63, 3.8) is 0 Å². The number of carbonyl (C=O) groups excluding carboxylic acids is 1. The Bertz CT molecular complexity index is 524. The zero-order valence-corrected chi connectivity index (χ0v) is 10.2. The van der Waals surface area contributed by atoms with Crippen LogP contribution in [0.2, 0.25) is 4.34 Å². The molecule has 0 aliphatic heterocycles. The molecule has 0 spiro atoms. The van der Waals surface area contributed by atoms with E-state index in [1.807, 2.05) is 6.07 Å². The monoisotopic (exact) mass is 252 g/mol. The van der Waals surface area contributed by atoms with Crippen molar-refractivity contribution >= 4 is 28.7 Å². The molecule has 0 N–H and O–H groups in total. The molecule has 5 heteroatoms. The minimum absolute atomic E-state index is 0.0102. The van der Waals surface area contributed by atoms with Crippen LogP contribution >= 0.6 is 22.9 Å². The largest absolute Gasteiger partial charge is 0.292 e.